The molecule has 0 spiro atoms. The Kier molecular flexibility index (Phi) is 5.84. The van der Waals surface area contributed by atoms with Crippen LogP contribution in [0.15, 0.2) is 36.9 Å². The van der Waals surface area contributed by atoms with Crippen LogP contribution in [0.1, 0.15) is 29.1 Å². The Bertz CT molecular complexity index is 1120. The maximum atomic E-state index is 15.2. The fraction of sp³-hybridized carbons (Fsp3) is 0.350. The Balaban J connectivity index is 1.55. The average molecular weight is 449 g/mol. The van der Waals surface area contributed by atoms with Gasteiger partial charge in [-0.3, -0.25) is 9.36 Å². The summed E-state index contributed by atoms with van der Waals surface area (Å²) in [5.41, 5.74) is 1.90. The number of benzene rings is 1. The number of esters is 2. The van der Waals surface area contributed by atoms with E-state index in [0.717, 1.165) is 5.56 Å². The fourth-order valence-electron chi connectivity index (χ4n) is 3.31. The molecule has 1 aliphatic rings. The second kappa shape index (κ2) is 8.56. The van der Waals surface area contributed by atoms with Crippen LogP contribution < -0.4 is 0 Å². The maximum absolute atomic E-state index is 15.2. The van der Waals surface area contributed by atoms with Crippen molar-refractivity contribution in [2.75, 3.05) is 6.61 Å². The molecule has 162 valence electrons. The van der Waals surface area contributed by atoms with Crippen LogP contribution in [0.4, 0.5) is 4.39 Å². The van der Waals surface area contributed by atoms with Crippen molar-refractivity contribution in [2.45, 2.75) is 38.5 Å². The third kappa shape index (κ3) is 4.21. The van der Waals surface area contributed by atoms with Crippen LogP contribution in [-0.2, 0) is 19.0 Å². The van der Waals surface area contributed by atoms with E-state index in [2.05, 4.69) is 15.0 Å². The monoisotopic (exact) mass is 448 g/mol. The number of carbonyl (C=O) groups is 2. The minimum atomic E-state index is -1.76. The highest BCUT2D eigenvalue weighted by Gasteiger charge is 2.49. The predicted molar refractivity (Wildman–Crippen MR) is 106 cm³/mol. The van der Waals surface area contributed by atoms with Gasteiger partial charge < -0.3 is 14.2 Å². The summed E-state index contributed by atoms with van der Waals surface area (Å²) in [6.45, 7) is 2.69. The predicted octanol–water partition coefficient (Wildman–Crippen LogP) is 2.81. The molecular formula is C20H18ClFN4O5. The molecule has 1 saturated heterocycles. The summed E-state index contributed by atoms with van der Waals surface area (Å²) in [6, 6.07) is 6.77. The van der Waals surface area contributed by atoms with Crippen molar-refractivity contribution in [2.24, 2.45) is 0 Å². The van der Waals surface area contributed by atoms with E-state index in [1.807, 2.05) is 6.92 Å². The van der Waals surface area contributed by atoms with Crippen molar-refractivity contribution in [1.29, 1.82) is 0 Å². The molecule has 0 unspecified atom stereocenters. The maximum Gasteiger partial charge on any atom is 0.338 e. The summed E-state index contributed by atoms with van der Waals surface area (Å²) in [5, 5.41) is 0.117. The van der Waals surface area contributed by atoms with E-state index in [4.69, 9.17) is 25.8 Å². The van der Waals surface area contributed by atoms with Gasteiger partial charge in [-0.2, -0.15) is 0 Å². The molecule has 0 bridgehead atoms. The average Bonchev–Trinajstić information content (AvgIpc) is 3.29. The van der Waals surface area contributed by atoms with Gasteiger partial charge in [-0.1, -0.05) is 29.3 Å². The summed E-state index contributed by atoms with van der Waals surface area (Å²) in [5.74, 6) is -1.30. The highest BCUT2D eigenvalue weighted by atomic mass is 35.5. The van der Waals surface area contributed by atoms with Crippen LogP contribution in [0.25, 0.3) is 11.2 Å². The van der Waals surface area contributed by atoms with Crippen molar-refractivity contribution in [1.82, 2.24) is 19.5 Å². The zero-order valence-corrected chi connectivity index (χ0v) is 17.3. The molecule has 1 aromatic carbocycles. The minimum absolute atomic E-state index is 0.117. The Morgan fingerprint density at radius 3 is 2.68 bits per heavy atom. The van der Waals surface area contributed by atoms with Gasteiger partial charge in [0.25, 0.3) is 0 Å². The molecule has 11 heteroatoms. The minimum Gasteiger partial charge on any atom is -0.459 e. The summed E-state index contributed by atoms with van der Waals surface area (Å²) >= 11 is 6.02. The number of hydrogen-bond acceptors (Lipinski definition) is 8. The fourth-order valence-corrected chi connectivity index (χ4v) is 3.49. The molecule has 0 radical (unpaired) electrons. The molecule has 0 N–H and O–H groups in total. The van der Waals surface area contributed by atoms with E-state index in [1.54, 1.807) is 24.3 Å². The van der Waals surface area contributed by atoms with Crippen LogP contribution in [0.5, 0.6) is 0 Å². The molecule has 31 heavy (non-hydrogen) atoms. The number of carbonyl (C=O) groups excluding carboxylic acids is 2. The third-order valence-electron chi connectivity index (χ3n) is 4.82. The molecule has 1 aliphatic heterocycles. The van der Waals surface area contributed by atoms with Crippen molar-refractivity contribution in [3.8, 4) is 0 Å². The number of rotatable bonds is 5. The molecule has 9 nitrogen and oxygen atoms in total. The number of aryl methyl sites for hydroxylation is 1. The largest absolute Gasteiger partial charge is 0.459 e. The van der Waals surface area contributed by atoms with E-state index < -0.39 is 36.5 Å². The molecule has 3 aromatic rings. The summed E-state index contributed by atoms with van der Waals surface area (Å²) in [7, 11) is 0. The second-order valence-corrected chi connectivity index (χ2v) is 7.39. The molecule has 4 atom stereocenters. The van der Waals surface area contributed by atoms with E-state index in [9.17, 15) is 9.59 Å². The van der Waals surface area contributed by atoms with Crippen molar-refractivity contribution >= 4 is 34.7 Å². The standard InChI is InChI=1S/C20H18ClFN4O5/c1-10-3-5-12(6-4-10)20(28)29-7-13-14(22)16(30-11(2)27)19(31-13)26-9-25-15-17(21)23-8-24-18(15)26/h3-6,8-9,13-14,16,19H,7H2,1-2H3/t13-,14-,16-,19-/m1/s1. The van der Waals surface area contributed by atoms with Crippen LogP contribution in [0, 0.1) is 6.92 Å². The first kappa shape index (κ1) is 21.1. The molecule has 4 rings (SSSR count). The van der Waals surface area contributed by atoms with Gasteiger partial charge >= 0.3 is 11.9 Å². The van der Waals surface area contributed by atoms with Gasteiger partial charge in [0.2, 0.25) is 0 Å². The first-order chi connectivity index (χ1) is 14.8. The third-order valence-corrected chi connectivity index (χ3v) is 5.10. The first-order valence-electron chi connectivity index (χ1n) is 9.38. The normalized spacial score (nSPS) is 23.1. The first-order valence-corrected chi connectivity index (χ1v) is 9.76. The lowest BCUT2D eigenvalue weighted by Gasteiger charge is -2.20. The molecule has 0 aliphatic carbocycles. The zero-order valence-electron chi connectivity index (χ0n) is 16.6. The topological polar surface area (TPSA) is 105 Å². The zero-order chi connectivity index (χ0) is 22.1. The Hall–Kier alpha value is -3.11. The number of imidazole rings is 1. The lowest BCUT2D eigenvalue weighted by Crippen LogP contribution is -2.34. The number of ether oxygens (including phenoxy) is 3. The van der Waals surface area contributed by atoms with Gasteiger partial charge in [-0.25, -0.2) is 24.1 Å². The number of aromatic nitrogens is 4. The van der Waals surface area contributed by atoms with Gasteiger partial charge in [0.1, 0.15) is 24.6 Å². The molecule has 3 heterocycles. The van der Waals surface area contributed by atoms with E-state index in [-0.39, 0.29) is 17.4 Å². The van der Waals surface area contributed by atoms with Crippen LogP contribution in [0.2, 0.25) is 5.15 Å². The highest BCUT2D eigenvalue weighted by Crippen LogP contribution is 2.36. The molecule has 2 aromatic heterocycles. The van der Waals surface area contributed by atoms with Crippen LogP contribution >= 0.6 is 11.6 Å². The van der Waals surface area contributed by atoms with Crippen LogP contribution in [0.3, 0.4) is 0 Å². The van der Waals surface area contributed by atoms with Crippen molar-refractivity contribution in [3.05, 3.63) is 53.2 Å². The SMILES string of the molecule is CC(=O)O[C@@H]1[C@H](F)[C@@H](COC(=O)c2ccc(C)cc2)O[C@H]1n1cnc2c(Cl)ncnc21. The van der Waals surface area contributed by atoms with Gasteiger partial charge in [0.05, 0.1) is 11.9 Å². The lowest BCUT2D eigenvalue weighted by molar-refractivity contribution is -0.154. The molecular weight excluding hydrogens is 431 g/mol. The van der Waals surface area contributed by atoms with Crippen molar-refractivity contribution in [3.63, 3.8) is 0 Å². The Morgan fingerprint density at radius 2 is 1.97 bits per heavy atom. The quantitative estimate of drug-likeness (QED) is 0.433. The summed E-state index contributed by atoms with van der Waals surface area (Å²) < 4.78 is 32.7. The summed E-state index contributed by atoms with van der Waals surface area (Å²) in [6.07, 6.45) is -2.73. The Morgan fingerprint density at radius 1 is 1.23 bits per heavy atom. The summed E-state index contributed by atoms with van der Waals surface area (Å²) in [4.78, 5) is 35.9. The van der Waals surface area contributed by atoms with Gasteiger partial charge in [0, 0.05) is 6.92 Å². The van der Waals surface area contributed by atoms with Gasteiger partial charge in [-0.05, 0) is 19.1 Å². The van der Waals surface area contributed by atoms with Gasteiger partial charge in [0.15, 0.2) is 29.3 Å². The van der Waals surface area contributed by atoms with E-state index in [1.165, 1.54) is 24.1 Å². The highest BCUT2D eigenvalue weighted by molar-refractivity contribution is 6.33. The van der Waals surface area contributed by atoms with Crippen LogP contribution in [-0.4, -0.2) is 56.4 Å². The van der Waals surface area contributed by atoms with E-state index >= 15 is 4.39 Å². The number of hydrogen-bond donors (Lipinski definition) is 0. The van der Waals surface area contributed by atoms with E-state index in [0.29, 0.717) is 11.1 Å². The lowest BCUT2D eigenvalue weighted by atomic mass is 10.1. The number of nitrogens with zero attached hydrogens (tertiary/aromatic N) is 4. The molecule has 0 amide bonds. The number of alkyl halides is 1. The smallest absolute Gasteiger partial charge is 0.338 e. The van der Waals surface area contributed by atoms with Crippen molar-refractivity contribution < 1.29 is 28.2 Å². The second-order valence-electron chi connectivity index (χ2n) is 7.04. The number of fused-ring (bicyclic) bond motifs is 1. The molecule has 1 fully saturated rings. The Labute approximate surface area is 181 Å². The number of halogens is 2. The molecule has 0 saturated carbocycles. The van der Waals surface area contributed by atoms with Gasteiger partial charge in [-0.15, -0.1) is 0 Å².